The van der Waals surface area contributed by atoms with E-state index in [0.717, 1.165) is 39.3 Å². The number of nitrogens with zero attached hydrogens (tertiary/aromatic N) is 3. The van der Waals surface area contributed by atoms with E-state index in [0.29, 0.717) is 0 Å². The van der Waals surface area contributed by atoms with E-state index >= 15 is 0 Å². The number of fused-ring (bicyclic) bond motifs is 5. The predicted octanol–water partition coefficient (Wildman–Crippen LogP) is 12.4. The molecule has 52 heavy (non-hydrogen) atoms. The van der Waals surface area contributed by atoms with Crippen LogP contribution in [-0.2, 0) is 5.41 Å². The summed E-state index contributed by atoms with van der Waals surface area (Å²) in [5.74, 6) is 0. The summed E-state index contributed by atoms with van der Waals surface area (Å²) in [7, 11) is 1.88. The number of benzene rings is 7. The summed E-state index contributed by atoms with van der Waals surface area (Å²) in [6.45, 7) is 4.72. The van der Waals surface area contributed by atoms with Crippen LogP contribution in [0.1, 0.15) is 41.7 Å². The smallest absolute Gasteiger partial charge is 0.0649 e. The second-order valence-corrected chi connectivity index (χ2v) is 14.0. The average molecular weight is 670 g/mol. The number of aliphatic imine (C=N–C) groups is 1. The molecule has 0 saturated heterocycles. The Kier molecular flexibility index (Phi) is 7.70. The third kappa shape index (κ3) is 5.17. The minimum absolute atomic E-state index is 0.204. The first kappa shape index (κ1) is 31.5. The van der Waals surface area contributed by atoms with E-state index < -0.39 is 0 Å². The van der Waals surface area contributed by atoms with Gasteiger partial charge in [-0.15, -0.1) is 0 Å². The molecule has 1 aromatic heterocycles. The summed E-state index contributed by atoms with van der Waals surface area (Å²) >= 11 is 0. The Balaban J connectivity index is 1.20. The molecule has 250 valence electrons. The van der Waals surface area contributed by atoms with Gasteiger partial charge in [0.25, 0.3) is 0 Å². The maximum absolute atomic E-state index is 4.78. The van der Waals surface area contributed by atoms with Gasteiger partial charge in [-0.1, -0.05) is 141 Å². The van der Waals surface area contributed by atoms with Crippen LogP contribution in [0.15, 0.2) is 187 Å². The zero-order chi connectivity index (χ0) is 35.2. The molecule has 0 bridgehead atoms. The highest BCUT2D eigenvalue weighted by Gasteiger charge is 2.37. The molecular weight excluding hydrogens is 631 g/mol. The van der Waals surface area contributed by atoms with Crippen molar-refractivity contribution >= 4 is 50.2 Å². The molecule has 0 spiro atoms. The van der Waals surface area contributed by atoms with Gasteiger partial charge in [0, 0.05) is 34.6 Å². The van der Waals surface area contributed by atoms with Gasteiger partial charge < -0.3 is 9.47 Å². The van der Waals surface area contributed by atoms with Gasteiger partial charge in [0.05, 0.1) is 28.1 Å². The van der Waals surface area contributed by atoms with Gasteiger partial charge in [-0.3, -0.25) is 4.99 Å². The van der Waals surface area contributed by atoms with Crippen LogP contribution in [0, 0.1) is 0 Å². The van der Waals surface area contributed by atoms with Crippen LogP contribution in [0.5, 0.6) is 0 Å². The second-order valence-electron chi connectivity index (χ2n) is 14.0. The van der Waals surface area contributed by atoms with Gasteiger partial charge in [-0.25, -0.2) is 0 Å². The highest BCUT2D eigenvalue weighted by atomic mass is 15.2. The number of hydrogen-bond acceptors (Lipinski definition) is 2. The van der Waals surface area contributed by atoms with Crippen molar-refractivity contribution in [3.05, 3.63) is 210 Å². The van der Waals surface area contributed by atoms with E-state index in [9.17, 15) is 0 Å². The lowest BCUT2D eigenvalue weighted by Gasteiger charge is -2.42. The van der Waals surface area contributed by atoms with E-state index in [4.69, 9.17) is 4.99 Å². The number of para-hydroxylation sites is 3. The third-order valence-corrected chi connectivity index (χ3v) is 10.6. The molecule has 0 atom stereocenters. The van der Waals surface area contributed by atoms with Gasteiger partial charge in [-0.2, -0.15) is 0 Å². The van der Waals surface area contributed by atoms with Crippen LogP contribution < -0.4 is 4.90 Å². The van der Waals surface area contributed by atoms with Crippen molar-refractivity contribution in [3.8, 4) is 5.69 Å². The molecule has 3 nitrogen and oxygen atoms in total. The molecule has 2 heterocycles. The quantitative estimate of drug-likeness (QED) is 0.161. The Hall–Kier alpha value is -6.45. The van der Waals surface area contributed by atoms with Crippen LogP contribution in [-0.4, -0.2) is 17.3 Å². The number of aromatic nitrogens is 1. The molecule has 0 amide bonds. The van der Waals surface area contributed by atoms with Gasteiger partial charge in [-0.05, 0) is 88.0 Å². The number of allylic oxidation sites excluding steroid dienone is 1. The minimum atomic E-state index is -0.204. The Morgan fingerprint density at radius 3 is 1.77 bits per heavy atom. The molecule has 3 heteroatoms. The zero-order valence-corrected chi connectivity index (χ0v) is 29.7. The van der Waals surface area contributed by atoms with Crippen LogP contribution in [0.2, 0.25) is 0 Å². The molecule has 9 rings (SSSR count). The van der Waals surface area contributed by atoms with Crippen LogP contribution in [0.3, 0.4) is 0 Å². The molecule has 8 aromatic rings. The monoisotopic (exact) mass is 669 g/mol. The Morgan fingerprint density at radius 2 is 1.10 bits per heavy atom. The van der Waals surface area contributed by atoms with E-state index in [1.165, 1.54) is 44.3 Å². The van der Waals surface area contributed by atoms with Gasteiger partial charge in [0.1, 0.15) is 0 Å². The fourth-order valence-electron chi connectivity index (χ4n) is 8.06. The van der Waals surface area contributed by atoms with Crippen molar-refractivity contribution in [2.75, 3.05) is 11.9 Å². The molecule has 1 aliphatic rings. The van der Waals surface area contributed by atoms with Crippen LogP contribution in [0.25, 0.3) is 33.1 Å². The topological polar surface area (TPSA) is 20.5 Å². The predicted molar refractivity (Wildman–Crippen MR) is 220 cm³/mol. The lowest BCUT2D eigenvalue weighted by atomic mass is 9.73. The van der Waals surface area contributed by atoms with Gasteiger partial charge in [0.2, 0.25) is 0 Å². The average Bonchev–Trinajstić information content (AvgIpc) is 3.52. The molecule has 0 aliphatic carbocycles. The molecule has 0 radical (unpaired) electrons. The molecule has 0 saturated carbocycles. The van der Waals surface area contributed by atoms with Crippen LogP contribution in [0.4, 0.5) is 17.1 Å². The standard InChI is InChI=1S/C49H39N3/c1-49(2)42-24-14-16-26-46(42)52(37-21-11-6-12-22-37)48-32-41-39-23-13-15-25-45(39)51(47(41)33-43(48)49)38-29-27-36(28-30-38)44(50-3)31-40(34-17-7-4-8-18-34)35-19-9-5-10-20-35/h4-33H,1-3H3. The minimum Gasteiger partial charge on any atom is -0.310 e. The van der Waals surface area contributed by atoms with E-state index in [-0.39, 0.29) is 5.41 Å². The van der Waals surface area contributed by atoms with Crippen molar-refractivity contribution in [2.45, 2.75) is 19.3 Å². The van der Waals surface area contributed by atoms with Crippen molar-refractivity contribution in [3.63, 3.8) is 0 Å². The van der Waals surface area contributed by atoms with Crippen molar-refractivity contribution in [1.82, 2.24) is 4.57 Å². The number of rotatable bonds is 6. The third-order valence-electron chi connectivity index (χ3n) is 10.6. The molecule has 1 aliphatic heterocycles. The number of anilines is 3. The summed E-state index contributed by atoms with van der Waals surface area (Å²) < 4.78 is 2.43. The van der Waals surface area contributed by atoms with E-state index in [1.54, 1.807) is 0 Å². The van der Waals surface area contributed by atoms with Gasteiger partial charge in [0.15, 0.2) is 0 Å². The van der Waals surface area contributed by atoms with Crippen molar-refractivity contribution in [1.29, 1.82) is 0 Å². The van der Waals surface area contributed by atoms with Gasteiger partial charge >= 0.3 is 0 Å². The summed E-state index contributed by atoms with van der Waals surface area (Å²) in [5, 5.41) is 2.48. The second kappa shape index (κ2) is 12.7. The maximum atomic E-state index is 4.78. The largest absolute Gasteiger partial charge is 0.310 e. The van der Waals surface area contributed by atoms with Crippen molar-refractivity contribution < 1.29 is 0 Å². The highest BCUT2D eigenvalue weighted by molar-refractivity contribution is 6.14. The lowest BCUT2D eigenvalue weighted by Crippen LogP contribution is -2.30. The summed E-state index contributed by atoms with van der Waals surface area (Å²) in [5.41, 5.74) is 15.0. The molecule has 7 aromatic carbocycles. The van der Waals surface area contributed by atoms with E-state index in [2.05, 4.69) is 205 Å². The fourth-order valence-corrected chi connectivity index (χ4v) is 8.06. The molecular formula is C49H39N3. The Labute approximate surface area is 305 Å². The summed E-state index contributed by atoms with van der Waals surface area (Å²) in [4.78, 5) is 7.22. The molecule has 0 N–H and O–H groups in total. The van der Waals surface area contributed by atoms with E-state index in [1.807, 2.05) is 7.05 Å². The normalized spacial score (nSPS) is 13.5. The fraction of sp³-hybridized carbons (Fsp3) is 0.0816. The SMILES string of the molecule is CN=C(C=C(c1ccccc1)c1ccccc1)c1ccc(-n2c3ccccc3c3cc4c(cc32)C(C)(C)c2ccccc2N4c2ccccc2)cc1. The van der Waals surface area contributed by atoms with Crippen molar-refractivity contribution in [2.24, 2.45) is 4.99 Å². The Morgan fingerprint density at radius 1 is 0.500 bits per heavy atom. The van der Waals surface area contributed by atoms with Crippen LogP contribution >= 0.6 is 0 Å². The summed E-state index contributed by atoms with van der Waals surface area (Å²) in [6, 6.07) is 63.3. The maximum Gasteiger partial charge on any atom is 0.0649 e. The molecule has 0 unspecified atom stereocenters. The zero-order valence-electron chi connectivity index (χ0n) is 29.7. The first-order valence-electron chi connectivity index (χ1n) is 18.0. The lowest BCUT2D eigenvalue weighted by molar-refractivity contribution is 0.632. The first-order chi connectivity index (χ1) is 25.5. The molecule has 0 fully saturated rings. The first-order valence-corrected chi connectivity index (χ1v) is 18.0. The highest BCUT2D eigenvalue weighted by Crippen LogP contribution is 2.53. The summed E-state index contributed by atoms with van der Waals surface area (Å²) in [6.07, 6.45) is 2.21. The Bertz CT molecular complexity index is 2590. The number of hydrogen-bond donors (Lipinski definition) is 0.